The minimum Gasteiger partial charge on any atom is -0.453 e. The van der Waals surface area contributed by atoms with Crippen molar-refractivity contribution in [2.45, 2.75) is 63.7 Å². The Kier molecular flexibility index (Phi) is 10.3. The number of nitrogens with one attached hydrogen (secondary N) is 4. The Morgan fingerprint density at radius 2 is 1.20 bits per heavy atom. The number of hydrogen-bond acceptors (Lipinski definition) is 8. The van der Waals surface area contributed by atoms with Gasteiger partial charge in [-0.15, -0.1) is 0 Å². The molecular formula is C36H41FN8O6. The van der Waals surface area contributed by atoms with Gasteiger partial charge < -0.3 is 39.9 Å². The molecule has 4 heterocycles. The van der Waals surface area contributed by atoms with Crippen LogP contribution in [0, 0.1) is 5.82 Å². The molecule has 0 aliphatic carbocycles. The largest absolute Gasteiger partial charge is 0.453 e. The summed E-state index contributed by atoms with van der Waals surface area (Å²) in [4.78, 5) is 67.9. The van der Waals surface area contributed by atoms with Crippen molar-refractivity contribution in [1.29, 1.82) is 0 Å². The molecule has 0 spiro atoms. The summed E-state index contributed by atoms with van der Waals surface area (Å²) in [5, 5.41) is 4.89. The summed E-state index contributed by atoms with van der Waals surface area (Å²) in [6.45, 7) is 3.57. The van der Waals surface area contributed by atoms with Gasteiger partial charge in [0.05, 0.1) is 50.1 Å². The molecule has 15 heteroatoms. The minimum absolute atomic E-state index is 0.00260. The van der Waals surface area contributed by atoms with Crippen molar-refractivity contribution >= 4 is 24.0 Å². The Balaban J connectivity index is 1.12. The number of likely N-dealkylation sites (tertiary alicyclic amines) is 2. The zero-order chi connectivity index (χ0) is 36.2. The quantitative estimate of drug-likeness (QED) is 0.187. The number of benzene rings is 2. The van der Waals surface area contributed by atoms with E-state index in [1.807, 2.05) is 44.2 Å². The van der Waals surface area contributed by atoms with Crippen LogP contribution in [-0.4, -0.2) is 93.1 Å². The number of H-pyrrole nitrogens is 2. The number of methoxy groups -OCH3 is 2. The van der Waals surface area contributed by atoms with E-state index in [1.165, 1.54) is 20.3 Å². The van der Waals surface area contributed by atoms with Gasteiger partial charge in [-0.3, -0.25) is 9.59 Å². The number of imidazole rings is 2. The Hall–Kier alpha value is -5.73. The lowest BCUT2D eigenvalue weighted by molar-refractivity contribution is -0.133. The van der Waals surface area contributed by atoms with E-state index in [4.69, 9.17) is 0 Å². The first-order chi connectivity index (χ1) is 24.6. The number of ether oxygens (including phenoxy) is 2. The number of halogens is 1. The van der Waals surface area contributed by atoms with Crippen LogP contribution in [-0.2, 0) is 19.1 Å². The Morgan fingerprint density at radius 3 is 1.71 bits per heavy atom. The van der Waals surface area contributed by atoms with Crippen LogP contribution in [0.5, 0.6) is 0 Å². The van der Waals surface area contributed by atoms with Gasteiger partial charge in [-0.05, 0) is 68.4 Å². The summed E-state index contributed by atoms with van der Waals surface area (Å²) in [6.07, 6.45) is 4.97. The van der Waals surface area contributed by atoms with Crippen LogP contribution in [0.15, 0.2) is 54.9 Å². The van der Waals surface area contributed by atoms with Crippen LogP contribution in [0.1, 0.15) is 63.3 Å². The van der Waals surface area contributed by atoms with E-state index in [-0.39, 0.29) is 49.1 Å². The van der Waals surface area contributed by atoms with Crippen LogP contribution in [0.3, 0.4) is 0 Å². The number of aromatic nitrogens is 4. The van der Waals surface area contributed by atoms with Crippen molar-refractivity contribution in [2.75, 3.05) is 27.3 Å². The van der Waals surface area contributed by atoms with Gasteiger partial charge in [0.25, 0.3) is 0 Å². The molecule has 0 unspecified atom stereocenters. The van der Waals surface area contributed by atoms with E-state index < -0.39 is 18.0 Å². The average molecular weight is 701 g/mol. The zero-order valence-corrected chi connectivity index (χ0v) is 28.9. The summed E-state index contributed by atoms with van der Waals surface area (Å²) in [6, 6.07) is 12.1. The van der Waals surface area contributed by atoms with E-state index in [9.17, 15) is 19.2 Å². The lowest BCUT2D eigenvalue weighted by Crippen LogP contribution is -2.43. The van der Waals surface area contributed by atoms with E-state index >= 15 is 4.39 Å². The van der Waals surface area contributed by atoms with Gasteiger partial charge in [-0.1, -0.05) is 30.3 Å². The summed E-state index contributed by atoms with van der Waals surface area (Å²) in [7, 11) is 2.49. The predicted molar refractivity (Wildman–Crippen MR) is 184 cm³/mol. The molecular weight excluding hydrogens is 659 g/mol. The highest BCUT2D eigenvalue weighted by molar-refractivity contribution is 5.84. The van der Waals surface area contributed by atoms with Crippen molar-refractivity contribution in [2.24, 2.45) is 0 Å². The topological polar surface area (TPSA) is 175 Å². The average Bonchev–Trinajstić information content (AvgIpc) is 3.96. The first kappa shape index (κ1) is 35.1. The molecule has 2 aromatic carbocycles. The standard InChI is InChI=1S/C36H41FN8O6/c1-20-5-13-29(44(20)31(46)18-40-35(48)50-3)33-38-16-27(42-33)23-9-7-22(8-10-23)24-11-12-25(26(37)15-24)28-17-39-34(43-28)30-14-6-21(2)45(30)32(47)19-41-36(49)51-4/h7-12,15-17,20-21,29-30H,5-6,13-14,18-19H2,1-4H3,(H,38,42)(H,39,43)(H,40,48)(H,41,49)/t20-,21-,29-,30-/m1/s1. The molecule has 0 bridgehead atoms. The van der Waals surface area contributed by atoms with E-state index in [2.05, 4.69) is 40.0 Å². The molecule has 4 aromatic rings. The van der Waals surface area contributed by atoms with Crippen molar-refractivity contribution in [3.8, 4) is 33.6 Å². The van der Waals surface area contributed by atoms with Gasteiger partial charge in [0, 0.05) is 17.6 Å². The fraction of sp³-hybridized carbons (Fsp3) is 0.389. The number of alkyl carbamates (subject to hydrolysis) is 2. The number of amides is 4. The van der Waals surface area contributed by atoms with Gasteiger partial charge in [-0.2, -0.15) is 0 Å². The van der Waals surface area contributed by atoms with Crippen molar-refractivity contribution in [3.05, 3.63) is 72.3 Å². The number of carbonyl (C=O) groups excluding carboxylic acids is 4. The predicted octanol–water partition coefficient (Wildman–Crippen LogP) is 5.09. The highest BCUT2D eigenvalue weighted by atomic mass is 19.1. The molecule has 14 nitrogen and oxygen atoms in total. The van der Waals surface area contributed by atoms with Gasteiger partial charge in [0.1, 0.15) is 30.6 Å². The molecule has 0 saturated carbocycles. The third-order valence-electron chi connectivity index (χ3n) is 9.66. The molecule has 6 rings (SSSR count). The monoisotopic (exact) mass is 700 g/mol. The van der Waals surface area contributed by atoms with Crippen LogP contribution >= 0.6 is 0 Å². The maximum atomic E-state index is 15.6. The second kappa shape index (κ2) is 15.0. The second-order valence-corrected chi connectivity index (χ2v) is 12.8. The molecule has 0 radical (unpaired) electrons. The Bertz CT molecular complexity index is 1910. The third kappa shape index (κ3) is 7.42. The highest BCUT2D eigenvalue weighted by Gasteiger charge is 2.38. The molecule has 4 atom stereocenters. The SMILES string of the molecule is COC(=O)NCC(=O)N1[C@H](C)CC[C@@H]1c1ncc(-c2ccc(-c3ccc(-c4cnc([C@H]5CC[C@@H](C)N5C(=O)CNC(=O)OC)[nH]4)c(F)c3)cc2)[nH]1. The molecule has 51 heavy (non-hydrogen) atoms. The number of aromatic amines is 2. The number of nitrogens with zero attached hydrogens (tertiary/aromatic N) is 4. The maximum absolute atomic E-state index is 15.6. The lowest BCUT2D eigenvalue weighted by atomic mass is 10.0. The van der Waals surface area contributed by atoms with Crippen molar-refractivity contribution in [3.63, 3.8) is 0 Å². The van der Waals surface area contributed by atoms with E-state index in [1.54, 1.807) is 28.3 Å². The fourth-order valence-electron chi connectivity index (χ4n) is 7.02. The normalized spacial score (nSPS) is 19.9. The van der Waals surface area contributed by atoms with Crippen molar-refractivity contribution < 1.29 is 33.0 Å². The van der Waals surface area contributed by atoms with Gasteiger partial charge in [0.2, 0.25) is 11.8 Å². The first-order valence-corrected chi connectivity index (χ1v) is 16.8. The minimum atomic E-state index is -0.681. The van der Waals surface area contributed by atoms with Crippen LogP contribution < -0.4 is 10.6 Å². The maximum Gasteiger partial charge on any atom is 0.407 e. The Labute approximate surface area is 294 Å². The molecule has 2 aromatic heterocycles. The summed E-state index contributed by atoms with van der Waals surface area (Å²) in [5.41, 5.74) is 4.03. The Morgan fingerprint density at radius 1 is 0.725 bits per heavy atom. The summed E-state index contributed by atoms with van der Waals surface area (Å²) in [5.74, 6) is 0.334. The zero-order valence-electron chi connectivity index (χ0n) is 28.9. The van der Waals surface area contributed by atoms with Crippen LogP contribution in [0.2, 0.25) is 0 Å². The van der Waals surface area contributed by atoms with Crippen LogP contribution in [0.4, 0.5) is 14.0 Å². The van der Waals surface area contributed by atoms with Crippen molar-refractivity contribution in [1.82, 2.24) is 40.4 Å². The second-order valence-electron chi connectivity index (χ2n) is 12.8. The number of carbonyl (C=O) groups is 4. The lowest BCUT2D eigenvalue weighted by Gasteiger charge is -2.27. The summed E-state index contributed by atoms with van der Waals surface area (Å²) < 4.78 is 24.7. The molecule has 4 amide bonds. The first-order valence-electron chi connectivity index (χ1n) is 16.8. The van der Waals surface area contributed by atoms with Gasteiger partial charge in [-0.25, -0.2) is 23.9 Å². The molecule has 268 valence electrons. The fourth-order valence-corrected chi connectivity index (χ4v) is 7.02. The summed E-state index contributed by atoms with van der Waals surface area (Å²) >= 11 is 0. The molecule has 2 aliphatic rings. The van der Waals surface area contributed by atoms with E-state index in [0.717, 1.165) is 36.1 Å². The number of rotatable bonds is 9. The number of hydrogen-bond donors (Lipinski definition) is 4. The molecule has 2 fully saturated rings. The third-order valence-corrected chi connectivity index (χ3v) is 9.66. The van der Waals surface area contributed by atoms with Gasteiger partial charge >= 0.3 is 12.2 Å². The van der Waals surface area contributed by atoms with Crippen LogP contribution in [0.25, 0.3) is 33.6 Å². The van der Waals surface area contributed by atoms with Gasteiger partial charge in [0.15, 0.2) is 0 Å². The molecule has 2 saturated heterocycles. The highest BCUT2D eigenvalue weighted by Crippen LogP contribution is 2.37. The van der Waals surface area contributed by atoms with E-state index in [0.29, 0.717) is 34.9 Å². The molecule has 2 aliphatic heterocycles. The smallest absolute Gasteiger partial charge is 0.407 e. The molecule has 4 N–H and O–H groups in total.